The van der Waals surface area contributed by atoms with Crippen LogP contribution in [0.4, 0.5) is 5.95 Å². The number of anilines is 1. The Kier molecular flexibility index (Phi) is 65.2. The van der Waals surface area contributed by atoms with Crippen molar-refractivity contribution in [1.82, 2.24) is 35.5 Å². The monoisotopic (exact) mass is 840 g/mol. The van der Waals surface area contributed by atoms with Crippen molar-refractivity contribution < 1.29 is 34.7 Å². The van der Waals surface area contributed by atoms with Gasteiger partial charge < -0.3 is 27.3 Å². The molecule has 4 heterocycles. The Balaban J connectivity index is -0.0000000706. The van der Waals surface area contributed by atoms with Gasteiger partial charge in [-0.25, -0.2) is 29.7 Å². The molecule has 8 N–H and O–H groups in total. The summed E-state index contributed by atoms with van der Waals surface area (Å²) < 4.78 is 3.72. The Labute approximate surface area is 308 Å². The third-order valence-corrected chi connectivity index (χ3v) is 3.72. The van der Waals surface area contributed by atoms with E-state index in [0.29, 0.717) is 5.95 Å². The molecule has 4 aromatic rings. The smallest absolute Gasteiger partial charge is 0.857 e. The second kappa shape index (κ2) is 49.5. The Hall–Kier alpha value is -2.13. The topological polar surface area (TPSA) is 232 Å². The molecule has 242 valence electrons. The molecule has 43 heavy (non-hydrogen) atoms. The molecule has 0 aliphatic rings. The summed E-state index contributed by atoms with van der Waals surface area (Å²) in [7, 11) is 0.750. The number of nitrogens with two attached hydrogens (primary N) is 3. The minimum atomic E-state index is -0.333. The fourth-order valence-electron chi connectivity index (χ4n) is 1.41. The number of H-pyrrole nitrogens is 1. The molecule has 0 aliphatic carbocycles. The summed E-state index contributed by atoms with van der Waals surface area (Å²) in [5.41, 5.74) is 15.6. The third kappa shape index (κ3) is 56.3. The number of hydrogen-bond acceptors (Lipinski definition) is 9. The van der Waals surface area contributed by atoms with Gasteiger partial charge in [-0.15, -0.1) is 0 Å². The number of aryl methyl sites for hydroxylation is 2. The van der Waals surface area contributed by atoms with E-state index in [1.54, 1.807) is 43.4 Å². The Morgan fingerprint density at radius 3 is 1.35 bits per heavy atom. The molecule has 4 rings (SSSR count). The number of aromatic nitrogens is 8. The predicted molar refractivity (Wildman–Crippen MR) is 191 cm³/mol. The molecule has 0 amide bonds. The Morgan fingerprint density at radius 1 is 0.814 bits per heavy atom. The van der Waals surface area contributed by atoms with E-state index in [9.17, 15) is 4.79 Å². The number of rotatable bonds is 0. The molecular formula is C26H51I2N12NaO2. The summed E-state index contributed by atoms with van der Waals surface area (Å²) in [4.78, 5) is 31.4. The molecule has 14 nitrogen and oxygen atoms in total. The summed E-state index contributed by atoms with van der Waals surface area (Å²) in [6.07, 6.45) is 13.8. The average molecular weight is 841 g/mol. The van der Waals surface area contributed by atoms with Gasteiger partial charge >= 0.3 is 35.2 Å². The minimum absolute atomic E-state index is 0. The number of nitrogens with one attached hydrogen (secondary N) is 2. The van der Waals surface area contributed by atoms with Crippen molar-refractivity contribution in [3.63, 3.8) is 0 Å². The first kappa shape index (κ1) is 56.6. The Morgan fingerprint density at radius 2 is 1.19 bits per heavy atom. The van der Waals surface area contributed by atoms with Crippen LogP contribution in [0.2, 0.25) is 0 Å². The number of hydrogen-bond donors (Lipinski definition) is 5. The molecule has 0 atom stereocenters. The number of nitrogen functional groups attached to an aromatic ring is 1. The summed E-state index contributed by atoms with van der Waals surface area (Å²) >= 11 is 4.26. The van der Waals surface area contributed by atoms with Gasteiger partial charge in [-0.3, -0.25) is 11.0 Å². The molecular weight excluding hydrogens is 789 g/mol. The normalized spacial score (nSPS) is 7.12. The van der Waals surface area contributed by atoms with Crippen LogP contribution in [0.1, 0.15) is 66.8 Å². The van der Waals surface area contributed by atoms with Crippen LogP contribution in [0.3, 0.4) is 0 Å². The number of guanidine groups is 1. The van der Waals surface area contributed by atoms with E-state index in [1.807, 2.05) is 87.2 Å². The van der Waals surface area contributed by atoms with Crippen LogP contribution in [0.5, 0.6) is 0 Å². The maximum Gasteiger partial charge on any atom is 1.00 e. The van der Waals surface area contributed by atoms with Crippen molar-refractivity contribution in [2.45, 2.75) is 69.2 Å². The van der Waals surface area contributed by atoms with Crippen LogP contribution >= 0.6 is 45.7 Å². The average Bonchev–Trinajstić information content (AvgIpc) is 3.68. The van der Waals surface area contributed by atoms with E-state index in [1.165, 1.54) is 6.20 Å². The van der Waals surface area contributed by atoms with Crippen molar-refractivity contribution in [3.8, 4) is 0 Å². The molecule has 0 saturated heterocycles. The largest absolute Gasteiger partial charge is 1.00 e. The van der Waals surface area contributed by atoms with Gasteiger partial charge in [-0.2, -0.15) is 7.11 Å². The second-order valence-corrected chi connectivity index (χ2v) is 7.61. The van der Waals surface area contributed by atoms with E-state index in [4.69, 9.17) is 16.2 Å². The van der Waals surface area contributed by atoms with Gasteiger partial charge in [0, 0.05) is 48.6 Å². The third-order valence-electron chi connectivity index (χ3n) is 2.58. The van der Waals surface area contributed by atoms with Gasteiger partial charge in [-0.05, 0) is 26.0 Å². The second-order valence-electron chi connectivity index (χ2n) is 5.38. The summed E-state index contributed by atoms with van der Waals surface area (Å²) in [5.74, 6) is 0.00463. The summed E-state index contributed by atoms with van der Waals surface area (Å²) in [6.45, 7) is 19.7. The van der Waals surface area contributed by atoms with Crippen LogP contribution in [-0.4, -0.2) is 48.5 Å². The summed E-state index contributed by atoms with van der Waals surface area (Å²) in [5, 5.41) is 14.3. The number of aromatic amines is 1. The van der Waals surface area contributed by atoms with Crippen molar-refractivity contribution in [3.05, 3.63) is 83.8 Å². The fraction of sp³-hybridized carbons (Fsp3) is 0.423. The molecule has 0 unspecified atom stereocenters. The van der Waals surface area contributed by atoms with E-state index >= 15 is 0 Å². The molecule has 17 heteroatoms. The van der Waals surface area contributed by atoms with Gasteiger partial charge in [0.05, 0.1) is 45.7 Å². The quantitative estimate of drug-likeness (QED) is 0.0742. The van der Waals surface area contributed by atoms with Crippen LogP contribution in [0, 0.1) is 19.3 Å². The zero-order valence-corrected chi connectivity index (χ0v) is 34.0. The standard InChI is InChI=1S/C5H7N3.C5H6N2O.2C3H3IN2.4C2H6.CH5N3.CH3O.Na/c1-4-2-3-7-5(6)8-4;1-4-2-3-6-5(8)7-4;2*4-6-2-1-5-3-6;4*1-2;2-1(3)4;1-2;/h2-3H,1H3,(H2,6,7,8);2-3H,1H3,(H,6,7,8);2*1-3H;4*1-2H3;(H5,2,3,4);1H3;/q;;;;;;;;;-1;+1. The first-order valence-corrected chi connectivity index (χ1v) is 14.9. The number of halogens is 2. The first-order chi connectivity index (χ1) is 20.1. The maximum atomic E-state index is 10.3. The van der Waals surface area contributed by atoms with Gasteiger partial charge in [0.15, 0.2) is 5.96 Å². The van der Waals surface area contributed by atoms with Crippen LogP contribution in [0.15, 0.2) is 66.8 Å². The van der Waals surface area contributed by atoms with E-state index < -0.39 is 0 Å². The van der Waals surface area contributed by atoms with Crippen molar-refractivity contribution in [2.24, 2.45) is 11.5 Å². The van der Waals surface area contributed by atoms with Crippen molar-refractivity contribution in [1.29, 1.82) is 5.41 Å². The van der Waals surface area contributed by atoms with E-state index in [0.717, 1.165) is 18.5 Å². The van der Waals surface area contributed by atoms with Crippen LogP contribution in [-0.2, 0) is 0 Å². The van der Waals surface area contributed by atoms with Gasteiger partial charge in [0.2, 0.25) is 5.95 Å². The molecule has 0 fully saturated rings. The first-order valence-electron chi connectivity index (χ1n) is 13.0. The zero-order chi connectivity index (χ0) is 34.4. The van der Waals surface area contributed by atoms with Crippen LogP contribution in [0.25, 0.3) is 0 Å². The molecule has 0 bridgehead atoms. The maximum absolute atomic E-state index is 10.3. The number of nitrogens with zero attached hydrogens (tertiary/aromatic N) is 7. The van der Waals surface area contributed by atoms with Gasteiger partial charge in [-0.1, -0.05) is 55.4 Å². The van der Waals surface area contributed by atoms with Crippen molar-refractivity contribution >= 4 is 57.6 Å². The molecule has 4 aromatic heterocycles. The fourth-order valence-corrected chi connectivity index (χ4v) is 1.99. The van der Waals surface area contributed by atoms with E-state index in [-0.39, 0.29) is 41.2 Å². The molecule has 0 spiro atoms. The zero-order valence-electron chi connectivity index (χ0n) is 27.7. The summed E-state index contributed by atoms with van der Waals surface area (Å²) in [6, 6.07) is 3.54. The van der Waals surface area contributed by atoms with E-state index in [2.05, 4.69) is 87.1 Å². The van der Waals surface area contributed by atoms with Gasteiger partial charge in [0.1, 0.15) is 12.7 Å². The molecule has 0 saturated carbocycles. The molecule has 0 aromatic carbocycles. The predicted octanol–water partition coefficient (Wildman–Crippen LogP) is 1.53. The molecule has 0 radical (unpaired) electrons. The SMILES string of the molecule is CC.CC.CC.CC.C[O-].Cc1ccnc(=O)[nH]1.Cc1ccnc(N)n1.In1ccnc1.In1ccnc1.N=C(N)N.[Na+]. The molecule has 0 aliphatic heterocycles. The minimum Gasteiger partial charge on any atom is -0.857 e. The van der Waals surface area contributed by atoms with Gasteiger partial charge in [0.25, 0.3) is 0 Å². The number of imidazole rings is 2. The van der Waals surface area contributed by atoms with Crippen molar-refractivity contribution in [2.75, 3.05) is 12.8 Å². The van der Waals surface area contributed by atoms with Crippen LogP contribution < -0.4 is 57.6 Å². The Bertz CT molecular complexity index is 1020.